The van der Waals surface area contributed by atoms with Gasteiger partial charge in [0.2, 0.25) is 11.8 Å². The molecule has 1 saturated heterocycles. The molecule has 1 aliphatic carbocycles. The van der Waals surface area contributed by atoms with E-state index in [1.54, 1.807) is 12.1 Å². The Morgan fingerprint density at radius 1 is 1.06 bits per heavy atom. The van der Waals surface area contributed by atoms with Crippen molar-refractivity contribution in [2.75, 3.05) is 13.2 Å². The van der Waals surface area contributed by atoms with Crippen LogP contribution in [0.4, 0.5) is 0 Å². The summed E-state index contributed by atoms with van der Waals surface area (Å²) in [4.78, 5) is 51.6. The van der Waals surface area contributed by atoms with Gasteiger partial charge in [-0.2, -0.15) is 5.10 Å². The predicted octanol–water partition coefficient (Wildman–Crippen LogP) is 2.98. The van der Waals surface area contributed by atoms with E-state index in [-0.39, 0.29) is 23.7 Å². The summed E-state index contributed by atoms with van der Waals surface area (Å²) in [6, 6.07) is 10.9. The van der Waals surface area contributed by atoms with Crippen molar-refractivity contribution in [1.29, 1.82) is 0 Å². The number of aryl methyl sites for hydroxylation is 1. The quantitative estimate of drug-likeness (QED) is 0.467. The molecule has 3 atom stereocenters. The van der Waals surface area contributed by atoms with Crippen molar-refractivity contribution in [1.82, 2.24) is 9.91 Å². The molecule has 3 amide bonds. The van der Waals surface area contributed by atoms with Gasteiger partial charge in [0.05, 0.1) is 23.8 Å². The second-order valence-electron chi connectivity index (χ2n) is 9.31. The number of amides is 3. The van der Waals surface area contributed by atoms with Gasteiger partial charge in [0.1, 0.15) is 18.3 Å². The van der Waals surface area contributed by atoms with E-state index in [1.165, 1.54) is 11.3 Å². The molecule has 0 bridgehead atoms. The van der Waals surface area contributed by atoms with Crippen molar-refractivity contribution < 1.29 is 28.3 Å². The van der Waals surface area contributed by atoms with E-state index in [0.29, 0.717) is 25.0 Å². The van der Waals surface area contributed by atoms with Crippen LogP contribution >= 0.6 is 0 Å². The van der Waals surface area contributed by atoms with Crippen LogP contribution < -0.4 is 0 Å². The van der Waals surface area contributed by atoms with Crippen molar-refractivity contribution in [3.8, 4) is 0 Å². The van der Waals surface area contributed by atoms with Gasteiger partial charge in [-0.25, -0.2) is 5.01 Å². The molecule has 9 heteroatoms. The smallest absolute Gasteiger partial charge is 0.326 e. The van der Waals surface area contributed by atoms with Gasteiger partial charge in [0, 0.05) is 6.42 Å². The largest absolute Gasteiger partial charge is 0.467 e. The molecule has 9 nitrogen and oxygen atoms in total. The molecule has 0 radical (unpaired) electrons. The number of rotatable bonds is 6. The highest BCUT2D eigenvalue weighted by Gasteiger charge is 2.48. The molecule has 0 unspecified atom stereocenters. The van der Waals surface area contributed by atoms with Crippen LogP contribution in [0, 0.1) is 18.8 Å². The summed E-state index contributed by atoms with van der Waals surface area (Å²) < 4.78 is 10.7. The number of fused-ring (bicyclic) bond motifs is 1. The van der Waals surface area contributed by atoms with Gasteiger partial charge in [0.25, 0.3) is 5.91 Å². The summed E-state index contributed by atoms with van der Waals surface area (Å²) in [6.07, 6.45) is 5.14. The molecule has 182 valence electrons. The average Bonchev–Trinajstić information content (AvgIpc) is 3.60. The number of esters is 1. The molecule has 2 aromatic rings. The second kappa shape index (κ2) is 9.48. The number of hydrogen-bond donors (Lipinski definition) is 0. The lowest BCUT2D eigenvalue weighted by Crippen LogP contribution is -2.38. The zero-order chi connectivity index (χ0) is 24.5. The van der Waals surface area contributed by atoms with E-state index in [0.717, 1.165) is 34.6 Å². The fraction of sp³-hybridized carbons (Fsp3) is 0.423. The van der Waals surface area contributed by atoms with E-state index in [1.807, 2.05) is 31.2 Å². The van der Waals surface area contributed by atoms with Crippen LogP contribution in [0.15, 0.2) is 52.2 Å². The molecule has 2 aliphatic heterocycles. The van der Waals surface area contributed by atoms with Crippen molar-refractivity contribution in [3.63, 3.8) is 0 Å². The number of imide groups is 1. The Kier molecular flexibility index (Phi) is 6.23. The highest BCUT2D eigenvalue weighted by Crippen LogP contribution is 2.38. The van der Waals surface area contributed by atoms with E-state index in [2.05, 4.69) is 5.10 Å². The molecule has 3 heterocycles. The third-order valence-electron chi connectivity index (χ3n) is 7.00. The fourth-order valence-electron chi connectivity index (χ4n) is 5.13. The highest BCUT2D eigenvalue weighted by atomic mass is 16.5. The predicted molar refractivity (Wildman–Crippen MR) is 124 cm³/mol. The van der Waals surface area contributed by atoms with Gasteiger partial charge in [-0.05, 0) is 37.5 Å². The fourth-order valence-corrected chi connectivity index (χ4v) is 5.13. The van der Waals surface area contributed by atoms with E-state index in [9.17, 15) is 19.2 Å². The van der Waals surface area contributed by atoms with E-state index >= 15 is 0 Å². The molecule has 0 N–H and O–H groups in total. The highest BCUT2D eigenvalue weighted by molar-refractivity contribution is 6.07. The molecule has 2 fully saturated rings. The van der Waals surface area contributed by atoms with Gasteiger partial charge in [-0.1, -0.05) is 42.7 Å². The van der Waals surface area contributed by atoms with E-state index in [4.69, 9.17) is 9.15 Å². The first-order chi connectivity index (χ1) is 16.9. The Hall–Kier alpha value is -3.75. The van der Waals surface area contributed by atoms with Crippen LogP contribution in [0.25, 0.3) is 0 Å². The van der Waals surface area contributed by atoms with Crippen LogP contribution in [0.3, 0.4) is 0 Å². The normalized spacial score (nSPS) is 23.9. The van der Waals surface area contributed by atoms with Crippen LogP contribution in [0.1, 0.15) is 55.0 Å². The number of carbonyl (C=O) groups is 4. The Labute approximate surface area is 202 Å². The minimum atomic E-state index is -0.796. The van der Waals surface area contributed by atoms with Crippen molar-refractivity contribution in [3.05, 3.63) is 59.5 Å². The maximum Gasteiger partial charge on any atom is 0.326 e. The first-order valence-corrected chi connectivity index (χ1v) is 11.9. The van der Waals surface area contributed by atoms with E-state index < -0.39 is 31.1 Å². The van der Waals surface area contributed by atoms with Gasteiger partial charge in [-0.3, -0.25) is 24.1 Å². The maximum absolute atomic E-state index is 13.0. The minimum Gasteiger partial charge on any atom is -0.467 e. The number of carbonyl (C=O) groups excluding carboxylic acids is 4. The molecule has 35 heavy (non-hydrogen) atoms. The summed E-state index contributed by atoms with van der Waals surface area (Å²) in [6.45, 7) is 0.967. The number of furan rings is 1. The lowest BCUT2D eigenvalue weighted by Gasteiger charge is -2.20. The number of hydrazone groups is 1. The summed E-state index contributed by atoms with van der Waals surface area (Å²) in [7, 11) is 0. The molecular formula is C26H27N3O6. The second-order valence-corrected chi connectivity index (χ2v) is 9.31. The maximum atomic E-state index is 13.0. The zero-order valence-corrected chi connectivity index (χ0v) is 19.5. The van der Waals surface area contributed by atoms with Gasteiger partial charge in [0.15, 0.2) is 6.61 Å². The summed E-state index contributed by atoms with van der Waals surface area (Å²) >= 11 is 0. The first-order valence-electron chi connectivity index (χ1n) is 11.9. The molecule has 1 saturated carbocycles. The summed E-state index contributed by atoms with van der Waals surface area (Å²) in [5, 5.41) is 5.79. The summed E-state index contributed by atoms with van der Waals surface area (Å²) in [5.74, 6) is -2.03. The standard InChI is InChI=1S/C26H27N3O6/c1-16-8-10-17(11-9-16)20-13-21(22-7-4-12-34-22)29(27-20)23(30)15-35-24(31)14-28-25(32)18-5-2-3-6-19(18)26(28)33/h4,7-12,18-19,21H,2-3,5-6,13-15H2,1H3/t18-,19-,21-/m1/s1. The average molecular weight is 478 g/mol. The third kappa shape index (κ3) is 4.50. The summed E-state index contributed by atoms with van der Waals surface area (Å²) in [5.41, 5.74) is 2.73. The van der Waals surface area contributed by atoms with Crippen LogP contribution in [0.2, 0.25) is 0 Å². The number of nitrogens with zero attached hydrogens (tertiary/aromatic N) is 3. The van der Waals surface area contributed by atoms with Gasteiger partial charge in [-0.15, -0.1) is 0 Å². The van der Waals surface area contributed by atoms with Crippen LogP contribution in [0.5, 0.6) is 0 Å². The molecular weight excluding hydrogens is 450 g/mol. The van der Waals surface area contributed by atoms with Crippen LogP contribution in [-0.2, 0) is 23.9 Å². The zero-order valence-electron chi connectivity index (χ0n) is 19.5. The number of ether oxygens (including phenoxy) is 1. The third-order valence-corrected chi connectivity index (χ3v) is 7.00. The number of hydrogen-bond acceptors (Lipinski definition) is 7. The SMILES string of the molecule is Cc1ccc(C2=NN(C(=O)COC(=O)CN3C(=O)[C@@H]4CCCC[C@H]4C3=O)[C@@H](c3ccco3)C2)cc1. The van der Waals surface area contributed by atoms with Crippen molar-refractivity contribution in [2.24, 2.45) is 16.9 Å². The monoisotopic (exact) mass is 477 g/mol. The first kappa shape index (κ1) is 23.0. The van der Waals surface area contributed by atoms with Crippen molar-refractivity contribution in [2.45, 2.75) is 45.1 Å². The van der Waals surface area contributed by atoms with Crippen molar-refractivity contribution >= 4 is 29.4 Å². The van der Waals surface area contributed by atoms with Gasteiger partial charge < -0.3 is 9.15 Å². The molecule has 1 aromatic heterocycles. The number of benzene rings is 1. The molecule has 0 spiro atoms. The Morgan fingerprint density at radius 2 is 1.74 bits per heavy atom. The molecule has 3 aliphatic rings. The minimum absolute atomic E-state index is 0.312. The lowest BCUT2D eigenvalue weighted by atomic mass is 9.81. The van der Waals surface area contributed by atoms with Gasteiger partial charge >= 0.3 is 5.97 Å². The molecule has 1 aromatic carbocycles. The Balaban J connectivity index is 1.24. The Morgan fingerprint density at radius 3 is 2.37 bits per heavy atom. The lowest BCUT2D eigenvalue weighted by molar-refractivity contribution is -0.157. The Bertz CT molecular complexity index is 1150. The molecule has 5 rings (SSSR count). The number of likely N-dealkylation sites (tertiary alicyclic amines) is 1. The topological polar surface area (TPSA) is 109 Å². The van der Waals surface area contributed by atoms with Crippen LogP contribution in [-0.4, -0.2) is 52.5 Å².